The molecule has 1 aliphatic heterocycles. The first-order chi connectivity index (χ1) is 16.9. The third kappa shape index (κ3) is 5.17. The van der Waals surface area contributed by atoms with Gasteiger partial charge in [0.25, 0.3) is 0 Å². The number of benzene rings is 2. The Morgan fingerprint density at radius 2 is 1.43 bits per heavy atom. The van der Waals surface area contributed by atoms with Crippen molar-refractivity contribution in [2.24, 2.45) is 0 Å². The highest BCUT2D eigenvalue weighted by Crippen LogP contribution is 2.44. The molecule has 1 saturated carbocycles. The van der Waals surface area contributed by atoms with Gasteiger partial charge in [0, 0.05) is 12.3 Å². The van der Waals surface area contributed by atoms with Gasteiger partial charge in [-0.2, -0.15) is 11.8 Å². The first kappa shape index (κ1) is 23.7. The van der Waals surface area contributed by atoms with Crippen molar-refractivity contribution in [3.05, 3.63) is 59.7 Å². The number of aliphatic carboxylic acids is 1. The molecule has 35 heavy (non-hydrogen) atoms. The van der Waals surface area contributed by atoms with Crippen LogP contribution in [0.2, 0.25) is 0 Å². The molecule has 0 spiro atoms. The van der Waals surface area contributed by atoms with Crippen LogP contribution in [0.3, 0.4) is 0 Å². The Morgan fingerprint density at radius 1 is 0.857 bits per heavy atom. The Balaban J connectivity index is 1.23. The van der Waals surface area contributed by atoms with Crippen molar-refractivity contribution >= 4 is 29.7 Å². The lowest BCUT2D eigenvalue weighted by Gasteiger charge is -2.37. The third-order valence-electron chi connectivity index (χ3n) is 7.41. The van der Waals surface area contributed by atoms with E-state index >= 15 is 0 Å². The number of amides is 2. The van der Waals surface area contributed by atoms with Crippen LogP contribution in [0.25, 0.3) is 11.1 Å². The summed E-state index contributed by atoms with van der Waals surface area (Å²) in [5.41, 5.74) is 3.33. The van der Waals surface area contributed by atoms with Crippen molar-refractivity contribution in [2.75, 3.05) is 18.1 Å². The molecule has 7 nitrogen and oxygen atoms in total. The van der Waals surface area contributed by atoms with E-state index in [-0.39, 0.29) is 31.3 Å². The number of carboxylic acids is 1. The zero-order valence-electron chi connectivity index (χ0n) is 19.5. The standard InChI is InChI=1S/C27H30N2O5S/c30-23(28-26(9-10-26)16-24(31)32)15-27(11-13-35-14-12-27)29-25(33)34-17-22-20-7-3-1-5-18(20)19-6-2-4-8-21(19)22/h1-8,22H,9-17H2,(H,28,30)(H,29,33)(H,31,32). The van der Waals surface area contributed by atoms with Crippen LogP contribution in [0.5, 0.6) is 0 Å². The minimum Gasteiger partial charge on any atom is -0.481 e. The number of nitrogens with one attached hydrogen (secondary N) is 2. The molecule has 1 heterocycles. The van der Waals surface area contributed by atoms with Gasteiger partial charge in [0.2, 0.25) is 5.91 Å². The SMILES string of the molecule is O=C(O)CC1(NC(=O)CC2(NC(=O)OCC3c4ccccc4-c4ccccc43)CCSCC2)CC1. The predicted molar refractivity (Wildman–Crippen MR) is 134 cm³/mol. The summed E-state index contributed by atoms with van der Waals surface area (Å²) < 4.78 is 5.75. The summed E-state index contributed by atoms with van der Waals surface area (Å²) in [6, 6.07) is 16.4. The van der Waals surface area contributed by atoms with Crippen LogP contribution < -0.4 is 10.6 Å². The molecule has 8 heteroatoms. The maximum Gasteiger partial charge on any atom is 0.407 e. The predicted octanol–water partition coefficient (Wildman–Crippen LogP) is 4.30. The Morgan fingerprint density at radius 3 is 2.00 bits per heavy atom. The second-order valence-corrected chi connectivity index (χ2v) is 11.1. The molecule has 0 atom stereocenters. The summed E-state index contributed by atoms with van der Waals surface area (Å²) in [6.45, 7) is 0.221. The normalized spacial score (nSPS) is 19.2. The Labute approximate surface area is 209 Å². The molecule has 1 saturated heterocycles. The zero-order chi connectivity index (χ0) is 24.5. The monoisotopic (exact) mass is 494 g/mol. The van der Waals surface area contributed by atoms with Crippen LogP contribution in [0.4, 0.5) is 4.79 Å². The van der Waals surface area contributed by atoms with Gasteiger partial charge >= 0.3 is 12.1 Å². The Bertz CT molecular complexity index is 1090. The van der Waals surface area contributed by atoms with Crippen molar-refractivity contribution < 1.29 is 24.2 Å². The van der Waals surface area contributed by atoms with Gasteiger partial charge in [-0.15, -0.1) is 0 Å². The average molecular weight is 495 g/mol. The Kier molecular flexibility index (Phi) is 6.49. The van der Waals surface area contributed by atoms with E-state index in [1.54, 1.807) is 11.8 Å². The summed E-state index contributed by atoms with van der Waals surface area (Å²) in [5, 5.41) is 15.1. The molecule has 2 aliphatic carbocycles. The third-order valence-corrected chi connectivity index (χ3v) is 8.39. The molecular formula is C27H30N2O5S. The molecule has 2 fully saturated rings. The minimum absolute atomic E-state index is 0.0277. The first-order valence-electron chi connectivity index (χ1n) is 12.1. The molecule has 0 aromatic heterocycles. The number of fused-ring (bicyclic) bond motifs is 3. The molecule has 3 N–H and O–H groups in total. The molecule has 0 bridgehead atoms. The van der Waals surface area contributed by atoms with Gasteiger partial charge in [-0.25, -0.2) is 4.79 Å². The number of alkyl carbamates (subject to hydrolysis) is 1. The number of hydrogen-bond donors (Lipinski definition) is 3. The molecule has 2 amide bonds. The van der Waals surface area contributed by atoms with Gasteiger partial charge in [0.15, 0.2) is 0 Å². The van der Waals surface area contributed by atoms with Crippen LogP contribution >= 0.6 is 11.8 Å². The fourth-order valence-electron chi connectivity index (χ4n) is 5.39. The van der Waals surface area contributed by atoms with E-state index in [2.05, 4.69) is 34.9 Å². The van der Waals surface area contributed by atoms with Crippen molar-refractivity contribution in [3.8, 4) is 11.1 Å². The summed E-state index contributed by atoms with van der Waals surface area (Å²) in [4.78, 5) is 37.0. The van der Waals surface area contributed by atoms with Gasteiger partial charge in [-0.05, 0) is 59.4 Å². The number of thioether (sulfide) groups is 1. The quantitative estimate of drug-likeness (QED) is 0.505. The molecule has 184 valence electrons. The molecule has 5 rings (SSSR count). The summed E-state index contributed by atoms with van der Waals surface area (Å²) >= 11 is 1.80. The van der Waals surface area contributed by atoms with E-state index in [0.717, 1.165) is 22.6 Å². The minimum atomic E-state index is -0.914. The molecule has 3 aliphatic rings. The number of hydrogen-bond acceptors (Lipinski definition) is 5. The van der Waals surface area contributed by atoms with Crippen LogP contribution in [-0.2, 0) is 14.3 Å². The zero-order valence-corrected chi connectivity index (χ0v) is 20.4. The number of carboxylic acid groups (broad SMARTS) is 1. The molecule has 2 aromatic carbocycles. The second kappa shape index (κ2) is 9.57. The Hall–Kier alpha value is -3.00. The fraction of sp³-hybridized carbons (Fsp3) is 0.444. The van der Waals surface area contributed by atoms with E-state index in [4.69, 9.17) is 9.84 Å². The van der Waals surface area contributed by atoms with Gasteiger partial charge in [-0.1, -0.05) is 48.5 Å². The van der Waals surface area contributed by atoms with Crippen molar-refractivity contribution in [1.29, 1.82) is 0 Å². The maximum absolute atomic E-state index is 13.0. The highest BCUT2D eigenvalue weighted by Gasteiger charge is 2.47. The largest absolute Gasteiger partial charge is 0.481 e. The van der Waals surface area contributed by atoms with Crippen LogP contribution in [-0.4, -0.2) is 52.3 Å². The van der Waals surface area contributed by atoms with Gasteiger partial charge < -0.3 is 20.5 Å². The van der Waals surface area contributed by atoms with E-state index in [1.807, 2.05) is 24.3 Å². The summed E-state index contributed by atoms with van der Waals surface area (Å²) in [6.07, 6.45) is 2.22. The summed E-state index contributed by atoms with van der Waals surface area (Å²) in [7, 11) is 0. The first-order valence-corrected chi connectivity index (χ1v) is 13.3. The fourth-order valence-corrected chi connectivity index (χ4v) is 6.67. The van der Waals surface area contributed by atoms with E-state index < -0.39 is 23.1 Å². The molecular weight excluding hydrogens is 464 g/mol. The van der Waals surface area contributed by atoms with Crippen molar-refractivity contribution in [2.45, 2.75) is 55.5 Å². The smallest absolute Gasteiger partial charge is 0.407 e. The molecule has 2 aromatic rings. The number of carbonyl (C=O) groups excluding carboxylic acids is 2. The lowest BCUT2D eigenvalue weighted by atomic mass is 9.88. The van der Waals surface area contributed by atoms with Crippen LogP contribution in [0.15, 0.2) is 48.5 Å². The molecule has 0 unspecified atom stereocenters. The number of ether oxygens (including phenoxy) is 1. The number of rotatable bonds is 8. The van der Waals surface area contributed by atoms with Crippen molar-refractivity contribution in [1.82, 2.24) is 10.6 Å². The van der Waals surface area contributed by atoms with E-state index in [0.29, 0.717) is 25.7 Å². The van der Waals surface area contributed by atoms with Gasteiger partial charge in [0.1, 0.15) is 6.61 Å². The van der Waals surface area contributed by atoms with Crippen LogP contribution in [0.1, 0.15) is 55.6 Å². The highest BCUT2D eigenvalue weighted by molar-refractivity contribution is 7.99. The maximum atomic E-state index is 13.0. The van der Waals surface area contributed by atoms with E-state index in [9.17, 15) is 14.4 Å². The summed E-state index contributed by atoms with van der Waals surface area (Å²) in [5.74, 6) is 0.534. The van der Waals surface area contributed by atoms with Gasteiger partial charge in [0.05, 0.1) is 17.5 Å². The average Bonchev–Trinajstić information content (AvgIpc) is 3.49. The van der Waals surface area contributed by atoms with Crippen molar-refractivity contribution in [3.63, 3.8) is 0 Å². The van der Waals surface area contributed by atoms with E-state index in [1.165, 1.54) is 11.1 Å². The lowest BCUT2D eigenvalue weighted by Crippen LogP contribution is -2.54. The highest BCUT2D eigenvalue weighted by atomic mass is 32.2. The van der Waals surface area contributed by atoms with Gasteiger partial charge in [-0.3, -0.25) is 9.59 Å². The second-order valence-electron chi connectivity index (χ2n) is 9.92. The molecule has 0 radical (unpaired) electrons. The lowest BCUT2D eigenvalue weighted by molar-refractivity contribution is -0.138. The number of carbonyl (C=O) groups is 3. The topological polar surface area (TPSA) is 105 Å². The van der Waals surface area contributed by atoms with Crippen LogP contribution in [0, 0.1) is 0 Å².